The normalized spacial score (nSPS) is 9.29. The first-order valence-corrected chi connectivity index (χ1v) is 5.03. The van der Waals surface area contributed by atoms with Crippen LogP contribution in [0.1, 0.15) is 12.5 Å². The third kappa shape index (κ3) is 2.64. The summed E-state index contributed by atoms with van der Waals surface area (Å²) in [5.74, 6) is 0.0715. The number of amides is 1. The number of anilines is 1. The van der Waals surface area contributed by atoms with Crippen molar-refractivity contribution in [1.82, 2.24) is 0 Å². The fraction of sp³-hybridized carbons (Fsp3) is 0.231. The number of allylic oxidation sites excluding steroid dienone is 1. The van der Waals surface area contributed by atoms with Crippen LogP contribution in [-0.4, -0.2) is 20.1 Å². The smallest absolute Gasteiger partial charge is 0.329 e. The van der Waals surface area contributed by atoms with Gasteiger partial charge in [-0.15, -0.1) is 0 Å². The summed E-state index contributed by atoms with van der Waals surface area (Å²) in [5, 5.41) is 8.61. The van der Waals surface area contributed by atoms with E-state index in [2.05, 4.69) is 6.58 Å². The lowest BCUT2D eigenvalue weighted by atomic mass is 10.1. The molecule has 4 heteroatoms. The van der Waals surface area contributed by atoms with Crippen LogP contribution in [0.25, 0.3) is 5.57 Å². The average Bonchev–Trinajstić information content (AvgIpc) is 2.35. The fourth-order valence-corrected chi connectivity index (χ4v) is 1.46. The first-order valence-electron chi connectivity index (χ1n) is 5.03. The molecular formula is C13H14N2O2. The highest BCUT2D eigenvalue weighted by Crippen LogP contribution is 2.29. The Morgan fingerprint density at radius 3 is 2.65 bits per heavy atom. The predicted molar refractivity (Wildman–Crippen MR) is 66.7 cm³/mol. The van der Waals surface area contributed by atoms with E-state index in [1.165, 1.54) is 4.90 Å². The van der Waals surface area contributed by atoms with Gasteiger partial charge in [0.2, 0.25) is 0 Å². The first kappa shape index (κ1) is 12.8. The number of benzene rings is 1. The predicted octanol–water partition coefficient (Wildman–Crippen LogP) is 2.21. The highest BCUT2D eigenvalue weighted by molar-refractivity contribution is 6.05. The van der Waals surface area contributed by atoms with Crippen LogP contribution in [-0.2, 0) is 4.79 Å². The molecular weight excluding hydrogens is 216 g/mol. The number of nitriles is 1. The van der Waals surface area contributed by atoms with Crippen molar-refractivity contribution in [3.8, 4) is 11.8 Å². The van der Waals surface area contributed by atoms with Gasteiger partial charge in [-0.3, -0.25) is 4.79 Å². The molecule has 0 aliphatic rings. The molecule has 1 aromatic carbocycles. The maximum Gasteiger partial charge on any atom is 0.329 e. The molecule has 4 nitrogen and oxygen atoms in total. The molecule has 1 aromatic rings. The van der Waals surface area contributed by atoms with Crippen LogP contribution in [0.5, 0.6) is 5.75 Å². The van der Waals surface area contributed by atoms with Gasteiger partial charge in [0.05, 0.1) is 12.8 Å². The molecule has 0 atom stereocenters. The fourth-order valence-electron chi connectivity index (χ4n) is 1.46. The Morgan fingerprint density at radius 2 is 2.18 bits per heavy atom. The summed E-state index contributed by atoms with van der Waals surface area (Å²) >= 11 is 0. The zero-order valence-corrected chi connectivity index (χ0v) is 10.2. The molecule has 0 saturated heterocycles. The SMILES string of the molecule is C=C(C)c1cc(OC)ccc1N(C)C(=O)C#N. The van der Waals surface area contributed by atoms with Crippen LogP contribution >= 0.6 is 0 Å². The second-order valence-electron chi connectivity index (χ2n) is 3.64. The van der Waals surface area contributed by atoms with Crippen molar-refractivity contribution in [2.24, 2.45) is 0 Å². The second-order valence-corrected chi connectivity index (χ2v) is 3.64. The number of rotatable bonds is 3. The van der Waals surface area contributed by atoms with E-state index in [-0.39, 0.29) is 0 Å². The van der Waals surface area contributed by atoms with Gasteiger partial charge < -0.3 is 9.64 Å². The van der Waals surface area contributed by atoms with Gasteiger partial charge in [0.15, 0.2) is 6.07 Å². The van der Waals surface area contributed by atoms with Crippen molar-refractivity contribution in [2.75, 3.05) is 19.1 Å². The summed E-state index contributed by atoms with van der Waals surface area (Å²) in [4.78, 5) is 12.6. The summed E-state index contributed by atoms with van der Waals surface area (Å²) < 4.78 is 5.12. The Kier molecular flexibility index (Phi) is 3.89. The van der Waals surface area contributed by atoms with E-state index in [4.69, 9.17) is 10.00 Å². The number of carbonyl (C=O) groups excluding carboxylic acids is 1. The lowest BCUT2D eigenvalue weighted by Crippen LogP contribution is -2.25. The van der Waals surface area contributed by atoms with Crippen LogP contribution in [0.15, 0.2) is 24.8 Å². The molecule has 0 fully saturated rings. The maximum atomic E-state index is 11.3. The largest absolute Gasteiger partial charge is 0.497 e. The molecule has 0 N–H and O–H groups in total. The number of carbonyl (C=O) groups is 1. The van der Waals surface area contributed by atoms with Crippen LogP contribution in [0, 0.1) is 11.3 Å². The average molecular weight is 230 g/mol. The molecule has 0 saturated carbocycles. The summed E-state index contributed by atoms with van der Waals surface area (Å²) in [5.41, 5.74) is 2.23. The van der Waals surface area contributed by atoms with Crippen molar-refractivity contribution in [3.05, 3.63) is 30.3 Å². The molecule has 0 spiro atoms. The van der Waals surface area contributed by atoms with E-state index in [1.54, 1.807) is 38.4 Å². The van der Waals surface area contributed by atoms with Crippen LogP contribution < -0.4 is 9.64 Å². The zero-order valence-electron chi connectivity index (χ0n) is 10.2. The summed E-state index contributed by atoms with van der Waals surface area (Å²) in [7, 11) is 3.13. The standard InChI is InChI=1S/C13H14N2O2/c1-9(2)11-7-10(17-4)5-6-12(11)15(3)13(16)8-14/h5-7H,1H2,2-4H3. The minimum absolute atomic E-state index is 0.613. The van der Waals surface area contributed by atoms with Gasteiger partial charge in [-0.2, -0.15) is 5.26 Å². The van der Waals surface area contributed by atoms with Crippen LogP contribution in [0.2, 0.25) is 0 Å². The monoisotopic (exact) mass is 230 g/mol. The Balaban J connectivity index is 3.29. The molecule has 0 unspecified atom stereocenters. The van der Waals surface area contributed by atoms with E-state index < -0.39 is 5.91 Å². The van der Waals surface area contributed by atoms with Crippen molar-refractivity contribution < 1.29 is 9.53 Å². The number of methoxy groups -OCH3 is 1. The van der Waals surface area contributed by atoms with Gasteiger partial charge in [0.25, 0.3) is 0 Å². The van der Waals surface area contributed by atoms with Gasteiger partial charge in [0, 0.05) is 12.6 Å². The van der Waals surface area contributed by atoms with Crippen LogP contribution in [0.3, 0.4) is 0 Å². The molecule has 0 heterocycles. The second kappa shape index (κ2) is 5.17. The van der Waals surface area contributed by atoms with E-state index in [0.717, 1.165) is 11.1 Å². The molecule has 88 valence electrons. The van der Waals surface area contributed by atoms with Crippen molar-refractivity contribution in [1.29, 1.82) is 5.26 Å². The minimum Gasteiger partial charge on any atom is -0.497 e. The van der Waals surface area contributed by atoms with Gasteiger partial charge in [-0.05, 0) is 30.7 Å². The number of nitrogens with zero attached hydrogens (tertiary/aromatic N) is 2. The third-order valence-corrected chi connectivity index (χ3v) is 2.43. The molecule has 0 aliphatic heterocycles. The number of ether oxygens (including phenoxy) is 1. The summed E-state index contributed by atoms with van der Waals surface area (Å²) in [6.45, 7) is 5.69. The van der Waals surface area contributed by atoms with Crippen molar-refractivity contribution >= 4 is 17.2 Å². The molecule has 1 rings (SSSR count). The van der Waals surface area contributed by atoms with Crippen molar-refractivity contribution in [3.63, 3.8) is 0 Å². The Bertz CT molecular complexity index is 501. The van der Waals surface area contributed by atoms with E-state index in [1.807, 2.05) is 6.92 Å². The number of hydrogen-bond donors (Lipinski definition) is 0. The van der Waals surface area contributed by atoms with Gasteiger partial charge >= 0.3 is 5.91 Å². The summed E-state index contributed by atoms with van der Waals surface area (Å²) in [6, 6.07) is 6.85. The Labute approximate surface area is 101 Å². The highest BCUT2D eigenvalue weighted by Gasteiger charge is 2.14. The molecule has 0 bridgehead atoms. The molecule has 0 radical (unpaired) electrons. The van der Waals surface area contributed by atoms with E-state index in [9.17, 15) is 4.79 Å². The van der Waals surface area contributed by atoms with Gasteiger partial charge in [-0.25, -0.2) is 0 Å². The minimum atomic E-state index is -0.613. The van der Waals surface area contributed by atoms with Gasteiger partial charge in [-0.1, -0.05) is 6.58 Å². The maximum absolute atomic E-state index is 11.3. The molecule has 0 aromatic heterocycles. The molecule has 1 amide bonds. The highest BCUT2D eigenvalue weighted by atomic mass is 16.5. The quantitative estimate of drug-likeness (QED) is 0.748. The lowest BCUT2D eigenvalue weighted by Gasteiger charge is -2.18. The van der Waals surface area contributed by atoms with E-state index >= 15 is 0 Å². The molecule has 17 heavy (non-hydrogen) atoms. The Morgan fingerprint density at radius 1 is 1.53 bits per heavy atom. The van der Waals surface area contributed by atoms with Gasteiger partial charge in [0.1, 0.15) is 5.75 Å². The lowest BCUT2D eigenvalue weighted by molar-refractivity contribution is -0.113. The molecule has 0 aliphatic carbocycles. The van der Waals surface area contributed by atoms with E-state index in [0.29, 0.717) is 11.4 Å². The Hall–Kier alpha value is -2.28. The topological polar surface area (TPSA) is 53.3 Å². The van der Waals surface area contributed by atoms with Crippen molar-refractivity contribution in [2.45, 2.75) is 6.92 Å². The first-order chi connectivity index (χ1) is 8.01. The third-order valence-electron chi connectivity index (χ3n) is 2.43. The van der Waals surface area contributed by atoms with Crippen LogP contribution in [0.4, 0.5) is 5.69 Å². The summed E-state index contributed by atoms with van der Waals surface area (Å²) in [6.07, 6.45) is 0. The zero-order chi connectivity index (χ0) is 13.0. The number of hydrogen-bond acceptors (Lipinski definition) is 3.